The molecule has 5 heteroatoms. The van der Waals surface area contributed by atoms with E-state index in [4.69, 9.17) is 4.74 Å². The number of carbonyl (C=O) groups is 1. The van der Waals surface area contributed by atoms with E-state index in [0.717, 1.165) is 31.5 Å². The SMILES string of the molecule is CNC1CCN(C(=O)C(Oc2ccccc2)c2ccccc2)CC1.Cl. The highest BCUT2D eigenvalue weighted by Crippen LogP contribution is 2.25. The molecular weight excluding hydrogens is 336 g/mol. The lowest BCUT2D eigenvalue weighted by molar-refractivity contribution is -0.140. The predicted molar refractivity (Wildman–Crippen MR) is 102 cm³/mol. The summed E-state index contributed by atoms with van der Waals surface area (Å²) < 4.78 is 6.06. The smallest absolute Gasteiger partial charge is 0.268 e. The summed E-state index contributed by atoms with van der Waals surface area (Å²) in [7, 11) is 1.98. The lowest BCUT2D eigenvalue weighted by Crippen LogP contribution is -2.46. The van der Waals surface area contributed by atoms with E-state index in [1.54, 1.807) is 0 Å². The summed E-state index contributed by atoms with van der Waals surface area (Å²) in [6, 6.07) is 19.8. The molecule has 0 radical (unpaired) electrons. The first kappa shape index (κ1) is 19.3. The molecule has 1 unspecified atom stereocenters. The Morgan fingerprint density at radius 1 is 1.04 bits per heavy atom. The number of para-hydroxylation sites is 1. The van der Waals surface area contributed by atoms with Gasteiger partial charge < -0.3 is 15.0 Å². The molecule has 3 rings (SSSR count). The van der Waals surface area contributed by atoms with Gasteiger partial charge in [0.05, 0.1) is 0 Å². The van der Waals surface area contributed by atoms with Crippen molar-refractivity contribution in [3.8, 4) is 5.75 Å². The summed E-state index contributed by atoms with van der Waals surface area (Å²) in [5, 5.41) is 3.29. The van der Waals surface area contributed by atoms with Crippen molar-refractivity contribution in [3.05, 3.63) is 66.2 Å². The van der Waals surface area contributed by atoms with Crippen LogP contribution in [0.25, 0.3) is 0 Å². The molecule has 1 aliphatic rings. The van der Waals surface area contributed by atoms with Crippen LogP contribution in [-0.4, -0.2) is 37.0 Å². The number of benzene rings is 2. The molecule has 0 aromatic heterocycles. The highest BCUT2D eigenvalue weighted by Gasteiger charge is 2.30. The van der Waals surface area contributed by atoms with Gasteiger partial charge in [-0.3, -0.25) is 4.79 Å². The molecule has 1 heterocycles. The molecule has 2 aromatic rings. The van der Waals surface area contributed by atoms with Gasteiger partial charge in [-0.2, -0.15) is 0 Å². The summed E-state index contributed by atoms with van der Waals surface area (Å²) >= 11 is 0. The lowest BCUT2D eigenvalue weighted by atomic mass is 10.0. The first-order chi connectivity index (χ1) is 11.8. The second-order valence-electron chi connectivity index (χ2n) is 6.11. The maximum absolute atomic E-state index is 13.1. The zero-order valence-corrected chi connectivity index (χ0v) is 15.2. The number of nitrogens with one attached hydrogen (secondary N) is 1. The Hall–Kier alpha value is -2.04. The Morgan fingerprint density at radius 3 is 2.16 bits per heavy atom. The molecule has 1 N–H and O–H groups in total. The minimum Gasteiger partial charge on any atom is -0.476 e. The Morgan fingerprint density at radius 2 is 1.60 bits per heavy atom. The van der Waals surface area contributed by atoms with Crippen LogP contribution in [0.5, 0.6) is 5.75 Å². The van der Waals surface area contributed by atoms with Crippen molar-refractivity contribution in [2.24, 2.45) is 0 Å². The van der Waals surface area contributed by atoms with Gasteiger partial charge in [-0.05, 0) is 32.0 Å². The predicted octanol–water partition coefficient (Wildman–Crippen LogP) is 3.44. The Balaban J connectivity index is 0.00000225. The van der Waals surface area contributed by atoms with Gasteiger partial charge in [-0.25, -0.2) is 0 Å². The number of amides is 1. The molecule has 0 spiro atoms. The fourth-order valence-electron chi connectivity index (χ4n) is 3.08. The van der Waals surface area contributed by atoms with Crippen molar-refractivity contribution in [3.63, 3.8) is 0 Å². The topological polar surface area (TPSA) is 41.6 Å². The Kier molecular flexibility index (Phi) is 7.29. The minimum atomic E-state index is -0.597. The molecule has 1 atom stereocenters. The first-order valence-electron chi connectivity index (χ1n) is 8.50. The monoisotopic (exact) mass is 360 g/mol. The fourth-order valence-corrected chi connectivity index (χ4v) is 3.08. The summed E-state index contributed by atoms with van der Waals surface area (Å²) in [4.78, 5) is 15.0. The number of hydrogen-bond donors (Lipinski definition) is 1. The normalized spacial score (nSPS) is 16.0. The highest BCUT2D eigenvalue weighted by atomic mass is 35.5. The molecule has 4 nitrogen and oxygen atoms in total. The Labute approximate surface area is 155 Å². The van der Waals surface area contributed by atoms with Crippen LogP contribution >= 0.6 is 12.4 Å². The van der Waals surface area contributed by atoms with Crippen LogP contribution in [0.2, 0.25) is 0 Å². The zero-order valence-electron chi connectivity index (χ0n) is 14.4. The summed E-state index contributed by atoms with van der Waals surface area (Å²) in [6.45, 7) is 1.54. The van der Waals surface area contributed by atoms with Crippen LogP contribution in [0, 0.1) is 0 Å². The number of ether oxygens (including phenoxy) is 1. The van der Waals surface area contributed by atoms with E-state index >= 15 is 0 Å². The number of nitrogens with zero attached hydrogens (tertiary/aromatic N) is 1. The quantitative estimate of drug-likeness (QED) is 0.888. The van der Waals surface area contributed by atoms with Crippen LogP contribution < -0.4 is 10.1 Å². The fraction of sp³-hybridized carbons (Fsp3) is 0.350. The minimum absolute atomic E-state index is 0. The van der Waals surface area contributed by atoms with Crippen molar-refractivity contribution in [1.29, 1.82) is 0 Å². The molecule has 2 aromatic carbocycles. The van der Waals surface area contributed by atoms with Gasteiger partial charge in [0.1, 0.15) is 5.75 Å². The highest BCUT2D eigenvalue weighted by molar-refractivity contribution is 5.85. The molecule has 0 saturated carbocycles. The number of carbonyl (C=O) groups excluding carboxylic acids is 1. The third kappa shape index (κ3) is 4.97. The summed E-state index contributed by atoms with van der Waals surface area (Å²) in [5.41, 5.74) is 0.891. The molecular formula is C20H25ClN2O2. The van der Waals surface area contributed by atoms with Crippen molar-refractivity contribution in [2.45, 2.75) is 25.0 Å². The van der Waals surface area contributed by atoms with Crippen LogP contribution in [0.3, 0.4) is 0 Å². The average molecular weight is 361 g/mol. The van der Waals surface area contributed by atoms with Crippen LogP contribution in [0.4, 0.5) is 0 Å². The first-order valence-corrected chi connectivity index (χ1v) is 8.50. The molecule has 25 heavy (non-hydrogen) atoms. The lowest BCUT2D eigenvalue weighted by Gasteiger charge is -2.34. The average Bonchev–Trinajstić information content (AvgIpc) is 2.67. The van der Waals surface area contributed by atoms with E-state index < -0.39 is 6.10 Å². The number of halogens is 1. The van der Waals surface area contributed by atoms with Crippen LogP contribution in [-0.2, 0) is 4.79 Å². The van der Waals surface area contributed by atoms with Crippen molar-refractivity contribution >= 4 is 18.3 Å². The third-order valence-electron chi connectivity index (χ3n) is 4.54. The van der Waals surface area contributed by atoms with Crippen molar-refractivity contribution in [2.75, 3.05) is 20.1 Å². The van der Waals surface area contributed by atoms with Crippen molar-refractivity contribution < 1.29 is 9.53 Å². The van der Waals surface area contributed by atoms with Gasteiger partial charge in [-0.1, -0.05) is 48.5 Å². The van der Waals surface area contributed by atoms with Gasteiger partial charge in [0.25, 0.3) is 5.91 Å². The molecule has 1 amide bonds. The maximum atomic E-state index is 13.1. The van der Waals surface area contributed by atoms with E-state index in [9.17, 15) is 4.79 Å². The number of rotatable bonds is 5. The number of piperidine rings is 1. The van der Waals surface area contributed by atoms with Crippen molar-refractivity contribution in [1.82, 2.24) is 10.2 Å². The summed E-state index contributed by atoms with van der Waals surface area (Å²) in [5.74, 6) is 0.754. The van der Waals surface area contributed by atoms with Gasteiger partial charge in [0.2, 0.25) is 6.10 Å². The van der Waals surface area contributed by atoms with Crippen LogP contribution in [0.15, 0.2) is 60.7 Å². The molecule has 1 aliphatic heterocycles. The van der Waals surface area contributed by atoms with E-state index in [1.807, 2.05) is 72.6 Å². The van der Waals surface area contributed by atoms with Crippen LogP contribution in [0.1, 0.15) is 24.5 Å². The number of likely N-dealkylation sites (tertiary alicyclic amines) is 1. The number of hydrogen-bond acceptors (Lipinski definition) is 3. The third-order valence-corrected chi connectivity index (χ3v) is 4.54. The molecule has 134 valence electrons. The standard InChI is InChI=1S/C20H24N2O2.ClH/c1-21-17-12-14-22(15-13-17)20(23)19(16-8-4-2-5-9-16)24-18-10-6-3-7-11-18;/h2-11,17,19,21H,12-15H2,1H3;1H. The molecule has 1 fully saturated rings. The maximum Gasteiger partial charge on any atom is 0.268 e. The summed E-state index contributed by atoms with van der Waals surface area (Å²) in [6.07, 6.45) is 1.37. The van der Waals surface area contributed by atoms with Gasteiger partial charge in [-0.15, -0.1) is 12.4 Å². The molecule has 0 aliphatic carbocycles. The van der Waals surface area contributed by atoms with E-state index in [-0.39, 0.29) is 18.3 Å². The largest absolute Gasteiger partial charge is 0.476 e. The molecule has 0 bridgehead atoms. The second kappa shape index (κ2) is 9.44. The molecule has 1 saturated heterocycles. The van der Waals surface area contributed by atoms with E-state index in [0.29, 0.717) is 11.8 Å². The zero-order chi connectivity index (χ0) is 16.8. The van der Waals surface area contributed by atoms with Gasteiger partial charge >= 0.3 is 0 Å². The van der Waals surface area contributed by atoms with E-state index in [1.165, 1.54) is 0 Å². The van der Waals surface area contributed by atoms with Gasteiger partial charge in [0, 0.05) is 24.7 Å². The Bertz CT molecular complexity index is 643. The van der Waals surface area contributed by atoms with Gasteiger partial charge in [0.15, 0.2) is 0 Å². The second-order valence-corrected chi connectivity index (χ2v) is 6.11. The van der Waals surface area contributed by atoms with E-state index in [2.05, 4.69) is 5.32 Å².